The van der Waals surface area contributed by atoms with Crippen molar-refractivity contribution in [1.29, 1.82) is 0 Å². The topological polar surface area (TPSA) is 39.1 Å². The van der Waals surface area contributed by atoms with Gasteiger partial charge in [-0.3, -0.25) is 0 Å². The van der Waals surface area contributed by atoms with Crippen LogP contribution in [0.3, 0.4) is 0 Å². The highest BCUT2D eigenvalue weighted by atomic mass is 16.4. The Hall–Kier alpha value is -1.97. The molecule has 3 fully saturated rings. The van der Waals surface area contributed by atoms with Crippen LogP contribution in [-0.4, -0.2) is 43.0 Å². The molecule has 3 saturated heterocycles. The van der Waals surface area contributed by atoms with Crippen LogP contribution in [0.15, 0.2) is 35.1 Å². The predicted octanol–water partition coefficient (Wildman–Crippen LogP) is 2.65. The number of nitrogens with zero attached hydrogens (tertiary/aromatic N) is 3. The van der Waals surface area contributed by atoms with E-state index >= 15 is 0 Å². The van der Waals surface area contributed by atoms with Crippen molar-refractivity contribution in [2.45, 2.75) is 12.8 Å². The number of allylic oxidation sites excluding steroid dienone is 1. The van der Waals surface area contributed by atoms with Gasteiger partial charge in [0.05, 0.1) is 5.70 Å². The standard InChI is InChI=1S/C16H21N3O/c1-18(2)14-5-3-12(4-6-14)11-15-16(17-20)13-7-9-19(15)10-8-13/h3-6,11,13,20H,7-10H2,1-2H3/b15-11?,17-16+. The van der Waals surface area contributed by atoms with Crippen LogP contribution in [0.5, 0.6) is 0 Å². The third kappa shape index (κ3) is 2.26. The van der Waals surface area contributed by atoms with E-state index in [1.54, 1.807) is 0 Å². The van der Waals surface area contributed by atoms with Gasteiger partial charge in [-0.1, -0.05) is 17.3 Å². The quantitative estimate of drug-likeness (QED) is 0.664. The fourth-order valence-electron chi connectivity index (χ4n) is 3.09. The monoisotopic (exact) mass is 271 g/mol. The zero-order valence-corrected chi connectivity index (χ0v) is 12.1. The number of oxime groups is 1. The summed E-state index contributed by atoms with van der Waals surface area (Å²) in [5.74, 6) is 0.428. The van der Waals surface area contributed by atoms with Crippen LogP contribution in [0.25, 0.3) is 6.08 Å². The molecular formula is C16H21N3O. The minimum atomic E-state index is 0.428. The minimum absolute atomic E-state index is 0.428. The Morgan fingerprint density at radius 2 is 1.85 bits per heavy atom. The summed E-state index contributed by atoms with van der Waals surface area (Å²) in [5, 5.41) is 12.8. The van der Waals surface area contributed by atoms with Crippen LogP contribution < -0.4 is 4.90 Å². The van der Waals surface area contributed by atoms with E-state index in [-0.39, 0.29) is 0 Å². The van der Waals surface area contributed by atoms with Gasteiger partial charge in [0, 0.05) is 38.8 Å². The first-order valence-electron chi connectivity index (χ1n) is 7.15. The van der Waals surface area contributed by atoms with Crippen LogP contribution >= 0.6 is 0 Å². The lowest BCUT2D eigenvalue weighted by Crippen LogP contribution is -2.46. The summed E-state index contributed by atoms with van der Waals surface area (Å²) in [7, 11) is 4.07. The summed E-state index contributed by atoms with van der Waals surface area (Å²) < 4.78 is 0. The Morgan fingerprint density at radius 1 is 1.20 bits per heavy atom. The summed E-state index contributed by atoms with van der Waals surface area (Å²) in [4.78, 5) is 4.42. The maximum absolute atomic E-state index is 9.29. The summed E-state index contributed by atoms with van der Waals surface area (Å²) >= 11 is 0. The van der Waals surface area contributed by atoms with Crippen LogP contribution in [0.4, 0.5) is 5.69 Å². The van der Waals surface area contributed by atoms with Crippen molar-refractivity contribution in [3.8, 4) is 0 Å². The largest absolute Gasteiger partial charge is 0.411 e. The van der Waals surface area contributed by atoms with Gasteiger partial charge in [0.15, 0.2) is 0 Å². The molecule has 20 heavy (non-hydrogen) atoms. The number of hydrogen-bond acceptors (Lipinski definition) is 4. The molecule has 0 spiro atoms. The molecule has 3 aliphatic rings. The molecule has 0 aromatic heterocycles. The molecule has 0 saturated carbocycles. The zero-order valence-electron chi connectivity index (χ0n) is 12.1. The molecule has 0 amide bonds. The normalized spacial score (nSPS) is 22.8. The number of rotatable bonds is 2. The van der Waals surface area contributed by atoms with Crippen molar-refractivity contribution in [2.75, 3.05) is 32.1 Å². The van der Waals surface area contributed by atoms with Crippen LogP contribution in [0.1, 0.15) is 18.4 Å². The van der Waals surface area contributed by atoms with Crippen molar-refractivity contribution in [3.05, 3.63) is 35.5 Å². The van der Waals surface area contributed by atoms with Gasteiger partial charge in [-0.2, -0.15) is 0 Å². The number of piperidine rings is 3. The number of anilines is 1. The molecule has 4 rings (SSSR count). The first-order valence-corrected chi connectivity index (χ1v) is 7.15. The van der Waals surface area contributed by atoms with Gasteiger partial charge >= 0.3 is 0 Å². The molecule has 0 unspecified atom stereocenters. The molecule has 1 aromatic carbocycles. The smallest absolute Gasteiger partial charge is 0.106 e. The number of hydrogen-bond donors (Lipinski definition) is 1. The van der Waals surface area contributed by atoms with Gasteiger partial charge in [-0.25, -0.2) is 0 Å². The summed E-state index contributed by atoms with van der Waals surface area (Å²) in [6, 6.07) is 8.44. The van der Waals surface area contributed by atoms with Crippen molar-refractivity contribution < 1.29 is 5.21 Å². The Balaban J connectivity index is 1.90. The first-order chi connectivity index (χ1) is 9.69. The SMILES string of the molecule is CN(C)c1ccc(C=C2/C(=N/O)C3CCN2CC3)cc1. The van der Waals surface area contributed by atoms with E-state index in [4.69, 9.17) is 0 Å². The molecule has 0 aliphatic carbocycles. The van der Waals surface area contributed by atoms with E-state index in [0.717, 1.165) is 42.9 Å². The van der Waals surface area contributed by atoms with Gasteiger partial charge in [0.2, 0.25) is 0 Å². The lowest BCUT2D eigenvalue weighted by atomic mass is 9.83. The van der Waals surface area contributed by atoms with Gasteiger partial charge in [0.25, 0.3) is 0 Å². The number of benzene rings is 1. The van der Waals surface area contributed by atoms with E-state index in [1.165, 1.54) is 5.69 Å². The molecule has 1 N–H and O–H groups in total. The molecule has 4 nitrogen and oxygen atoms in total. The van der Waals surface area contributed by atoms with Crippen LogP contribution in [-0.2, 0) is 0 Å². The molecule has 1 aromatic rings. The van der Waals surface area contributed by atoms with E-state index in [9.17, 15) is 5.21 Å². The maximum Gasteiger partial charge on any atom is 0.106 e. The summed E-state index contributed by atoms with van der Waals surface area (Å²) in [6.45, 7) is 2.15. The average molecular weight is 271 g/mol. The summed E-state index contributed by atoms with van der Waals surface area (Å²) in [6.07, 6.45) is 4.35. The highest BCUT2D eigenvalue weighted by molar-refractivity contribution is 6.05. The van der Waals surface area contributed by atoms with Crippen LogP contribution in [0.2, 0.25) is 0 Å². The first kappa shape index (κ1) is 13.0. The van der Waals surface area contributed by atoms with Gasteiger partial charge in [-0.05, 0) is 36.6 Å². The Kier molecular flexibility index (Phi) is 3.38. The lowest BCUT2D eigenvalue weighted by Gasteiger charge is -2.42. The van der Waals surface area contributed by atoms with E-state index in [0.29, 0.717) is 5.92 Å². The van der Waals surface area contributed by atoms with E-state index in [1.807, 2.05) is 14.1 Å². The lowest BCUT2D eigenvalue weighted by molar-refractivity contribution is 0.229. The maximum atomic E-state index is 9.29. The Labute approximate surface area is 120 Å². The third-order valence-corrected chi connectivity index (χ3v) is 4.31. The molecule has 3 aliphatic heterocycles. The fourth-order valence-corrected chi connectivity index (χ4v) is 3.09. The van der Waals surface area contributed by atoms with Gasteiger partial charge < -0.3 is 15.0 Å². The molecule has 3 heterocycles. The average Bonchev–Trinajstić information content (AvgIpc) is 2.49. The Morgan fingerprint density at radius 3 is 2.40 bits per heavy atom. The third-order valence-electron chi connectivity index (χ3n) is 4.31. The fraction of sp³-hybridized carbons (Fsp3) is 0.438. The van der Waals surface area contributed by atoms with Crippen molar-refractivity contribution in [1.82, 2.24) is 4.90 Å². The van der Waals surface area contributed by atoms with E-state index in [2.05, 4.69) is 45.3 Å². The van der Waals surface area contributed by atoms with Gasteiger partial charge in [-0.15, -0.1) is 0 Å². The van der Waals surface area contributed by atoms with Gasteiger partial charge in [0.1, 0.15) is 5.71 Å². The summed E-state index contributed by atoms with van der Waals surface area (Å²) in [5.41, 5.74) is 4.29. The molecule has 2 bridgehead atoms. The molecule has 0 atom stereocenters. The van der Waals surface area contributed by atoms with Crippen molar-refractivity contribution in [2.24, 2.45) is 11.1 Å². The van der Waals surface area contributed by atoms with Crippen molar-refractivity contribution >= 4 is 17.5 Å². The zero-order chi connectivity index (χ0) is 14.1. The van der Waals surface area contributed by atoms with E-state index < -0.39 is 0 Å². The predicted molar refractivity (Wildman–Crippen MR) is 82.3 cm³/mol. The highest BCUT2D eigenvalue weighted by Gasteiger charge is 2.35. The highest BCUT2D eigenvalue weighted by Crippen LogP contribution is 2.33. The molecular weight excluding hydrogens is 250 g/mol. The minimum Gasteiger partial charge on any atom is -0.411 e. The number of fused-ring (bicyclic) bond motifs is 3. The van der Waals surface area contributed by atoms with Crippen molar-refractivity contribution in [3.63, 3.8) is 0 Å². The molecule has 0 radical (unpaired) electrons. The molecule has 106 valence electrons. The second kappa shape index (κ2) is 5.19. The Bertz CT molecular complexity index is 537. The second-order valence-corrected chi connectivity index (χ2v) is 5.76. The van der Waals surface area contributed by atoms with Crippen LogP contribution in [0, 0.1) is 5.92 Å². The molecule has 4 heteroatoms. The second-order valence-electron chi connectivity index (χ2n) is 5.76.